The number of allylic oxidation sites excluding steroid dienone is 6. The van der Waals surface area contributed by atoms with Crippen molar-refractivity contribution < 1.29 is 24.9 Å². The number of hydrogen-bond donors (Lipinski definition) is 3. The van der Waals surface area contributed by atoms with Crippen molar-refractivity contribution in [3.05, 3.63) is 48.6 Å². The van der Waals surface area contributed by atoms with Crippen LogP contribution in [0.2, 0.25) is 0 Å². The standard InChI is InChI=1S/C22H32O5/c1-2-17(23)14-15-19-18(20(24)16-21(19)25)12-10-8-6-4-3-5-7-9-11-13-22(26)27/h3-4,7-10,14-15,17-19,21,23,25H,2,5-6,11-13,16H2,1H3,(H,26,27)/b4-3-,9-7-,10-8-,15-14+/t17-,18-,19+,21+/m0/s1. The van der Waals surface area contributed by atoms with Crippen molar-refractivity contribution in [2.24, 2.45) is 11.8 Å². The van der Waals surface area contributed by atoms with Gasteiger partial charge in [0.15, 0.2) is 0 Å². The molecular weight excluding hydrogens is 344 g/mol. The predicted octanol–water partition coefficient (Wildman–Crippen LogP) is 3.58. The van der Waals surface area contributed by atoms with E-state index in [1.54, 1.807) is 12.2 Å². The Morgan fingerprint density at radius 1 is 1.15 bits per heavy atom. The summed E-state index contributed by atoms with van der Waals surface area (Å²) >= 11 is 0. The third-order valence-corrected chi connectivity index (χ3v) is 4.67. The molecule has 1 aliphatic carbocycles. The van der Waals surface area contributed by atoms with Crippen molar-refractivity contribution in [1.82, 2.24) is 0 Å². The lowest BCUT2D eigenvalue weighted by Crippen LogP contribution is -2.18. The van der Waals surface area contributed by atoms with E-state index in [2.05, 4.69) is 0 Å². The van der Waals surface area contributed by atoms with E-state index in [4.69, 9.17) is 5.11 Å². The van der Waals surface area contributed by atoms with Crippen LogP contribution < -0.4 is 0 Å². The molecule has 0 spiro atoms. The summed E-state index contributed by atoms with van der Waals surface area (Å²) in [6, 6.07) is 0. The quantitative estimate of drug-likeness (QED) is 0.453. The molecule has 1 rings (SSSR count). The monoisotopic (exact) mass is 376 g/mol. The number of rotatable bonds is 12. The molecule has 5 nitrogen and oxygen atoms in total. The number of hydrogen-bond acceptors (Lipinski definition) is 4. The largest absolute Gasteiger partial charge is 0.481 e. The second-order valence-electron chi connectivity index (χ2n) is 6.84. The summed E-state index contributed by atoms with van der Waals surface area (Å²) in [4.78, 5) is 22.5. The van der Waals surface area contributed by atoms with Crippen LogP contribution in [0.5, 0.6) is 0 Å². The maximum absolute atomic E-state index is 12.1. The van der Waals surface area contributed by atoms with Crippen molar-refractivity contribution in [3.63, 3.8) is 0 Å². The third kappa shape index (κ3) is 9.50. The molecule has 3 N–H and O–H groups in total. The van der Waals surface area contributed by atoms with Crippen molar-refractivity contribution in [3.8, 4) is 0 Å². The van der Waals surface area contributed by atoms with Crippen molar-refractivity contribution >= 4 is 11.8 Å². The van der Waals surface area contributed by atoms with Crippen molar-refractivity contribution in [1.29, 1.82) is 0 Å². The summed E-state index contributed by atoms with van der Waals surface area (Å²) < 4.78 is 0. The van der Waals surface area contributed by atoms with Gasteiger partial charge in [-0.25, -0.2) is 0 Å². The van der Waals surface area contributed by atoms with Gasteiger partial charge in [0.2, 0.25) is 0 Å². The fraction of sp³-hybridized carbons (Fsp3) is 0.545. The highest BCUT2D eigenvalue weighted by Gasteiger charge is 2.39. The van der Waals surface area contributed by atoms with Crippen LogP contribution in [0.1, 0.15) is 51.9 Å². The van der Waals surface area contributed by atoms with E-state index in [1.807, 2.05) is 43.4 Å². The van der Waals surface area contributed by atoms with Gasteiger partial charge in [-0.2, -0.15) is 0 Å². The molecule has 0 saturated heterocycles. The number of Topliss-reactive ketones (excluding diaryl/α,β-unsaturated/α-hetero) is 1. The number of carboxylic acid groups (broad SMARTS) is 1. The number of aliphatic hydroxyl groups excluding tert-OH is 2. The van der Waals surface area contributed by atoms with Gasteiger partial charge in [0.25, 0.3) is 0 Å². The molecule has 1 aliphatic rings. The Labute approximate surface area is 161 Å². The van der Waals surface area contributed by atoms with Gasteiger partial charge in [0, 0.05) is 24.7 Å². The number of carboxylic acids is 1. The Morgan fingerprint density at radius 2 is 1.78 bits per heavy atom. The molecule has 0 bridgehead atoms. The van der Waals surface area contributed by atoms with Gasteiger partial charge in [-0.15, -0.1) is 0 Å². The molecule has 0 aromatic heterocycles. The lowest BCUT2D eigenvalue weighted by atomic mass is 9.90. The first kappa shape index (κ1) is 23.1. The maximum Gasteiger partial charge on any atom is 0.303 e. The van der Waals surface area contributed by atoms with Gasteiger partial charge in [-0.3, -0.25) is 9.59 Å². The Morgan fingerprint density at radius 3 is 2.41 bits per heavy atom. The van der Waals surface area contributed by atoms with Crippen LogP contribution in [0.4, 0.5) is 0 Å². The first-order valence-electron chi connectivity index (χ1n) is 9.69. The number of carbonyl (C=O) groups excluding carboxylic acids is 1. The number of ketones is 1. The molecule has 1 saturated carbocycles. The zero-order valence-electron chi connectivity index (χ0n) is 16.0. The Kier molecular flexibility index (Phi) is 11.3. The minimum absolute atomic E-state index is 0.0785. The van der Waals surface area contributed by atoms with Crippen LogP contribution in [-0.4, -0.2) is 39.3 Å². The fourth-order valence-electron chi connectivity index (χ4n) is 3.03. The molecule has 0 aromatic rings. The molecular formula is C22H32O5. The van der Waals surface area contributed by atoms with Gasteiger partial charge >= 0.3 is 5.97 Å². The molecule has 4 atom stereocenters. The van der Waals surface area contributed by atoms with Crippen LogP contribution in [0.25, 0.3) is 0 Å². The molecule has 0 amide bonds. The normalized spacial score (nSPS) is 24.9. The minimum atomic E-state index is -0.784. The second kappa shape index (κ2) is 13.2. The molecule has 27 heavy (non-hydrogen) atoms. The van der Waals surface area contributed by atoms with Gasteiger partial charge in [0.1, 0.15) is 5.78 Å². The summed E-state index contributed by atoms with van der Waals surface area (Å²) in [6.45, 7) is 1.88. The summed E-state index contributed by atoms with van der Waals surface area (Å²) in [6.07, 6.45) is 17.7. The highest BCUT2D eigenvalue weighted by molar-refractivity contribution is 5.84. The second-order valence-corrected chi connectivity index (χ2v) is 6.84. The number of aliphatic carboxylic acids is 1. The molecule has 0 heterocycles. The zero-order valence-corrected chi connectivity index (χ0v) is 16.0. The average molecular weight is 376 g/mol. The predicted molar refractivity (Wildman–Crippen MR) is 106 cm³/mol. The highest BCUT2D eigenvalue weighted by atomic mass is 16.4. The molecule has 150 valence electrons. The molecule has 0 aliphatic heterocycles. The summed E-state index contributed by atoms with van der Waals surface area (Å²) in [5.74, 6) is -1.16. The van der Waals surface area contributed by atoms with Gasteiger partial charge < -0.3 is 15.3 Å². The maximum atomic E-state index is 12.1. The average Bonchev–Trinajstić information content (AvgIpc) is 2.90. The molecule has 0 radical (unpaired) electrons. The Hall–Kier alpha value is -1.98. The summed E-state index contributed by atoms with van der Waals surface area (Å²) in [5.41, 5.74) is 0. The number of carbonyl (C=O) groups is 2. The lowest BCUT2D eigenvalue weighted by molar-refractivity contribution is -0.136. The topological polar surface area (TPSA) is 94.8 Å². The smallest absolute Gasteiger partial charge is 0.303 e. The summed E-state index contributed by atoms with van der Waals surface area (Å²) in [5, 5.41) is 28.2. The van der Waals surface area contributed by atoms with Gasteiger partial charge in [0.05, 0.1) is 12.2 Å². The van der Waals surface area contributed by atoms with Crippen molar-refractivity contribution in [2.45, 2.75) is 64.1 Å². The van der Waals surface area contributed by atoms with E-state index in [-0.39, 0.29) is 30.5 Å². The molecule has 5 heteroatoms. The molecule has 0 aromatic carbocycles. The Bertz CT molecular complexity index is 573. The van der Waals surface area contributed by atoms with Crippen LogP contribution in [0, 0.1) is 11.8 Å². The van der Waals surface area contributed by atoms with E-state index in [0.717, 1.165) is 12.8 Å². The molecule has 1 fully saturated rings. The van der Waals surface area contributed by atoms with Crippen LogP contribution in [0.3, 0.4) is 0 Å². The minimum Gasteiger partial charge on any atom is -0.481 e. The van der Waals surface area contributed by atoms with Crippen LogP contribution in [-0.2, 0) is 9.59 Å². The van der Waals surface area contributed by atoms with Gasteiger partial charge in [-0.1, -0.05) is 55.5 Å². The first-order chi connectivity index (χ1) is 13.0. The first-order valence-corrected chi connectivity index (χ1v) is 9.69. The van der Waals surface area contributed by atoms with E-state index in [0.29, 0.717) is 19.3 Å². The SMILES string of the molecule is CC[C@H](O)/C=C/[C@H]1[C@H](O)CC(=O)[C@H]1C/C=C\C/C=C\C/C=C\CCC(=O)O. The zero-order chi connectivity index (χ0) is 20.1. The lowest BCUT2D eigenvalue weighted by Gasteiger charge is -2.16. The van der Waals surface area contributed by atoms with E-state index in [9.17, 15) is 19.8 Å². The van der Waals surface area contributed by atoms with E-state index in [1.165, 1.54) is 0 Å². The van der Waals surface area contributed by atoms with Crippen molar-refractivity contribution in [2.75, 3.05) is 0 Å². The number of aliphatic hydroxyl groups is 2. The summed E-state index contributed by atoms with van der Waals surface area (Å²) in [7, 11) is 0. The fourth-order valence-corrected chi connectivity index (χ4v) is 3.03. The van der Waals surface area contributed by atoms with E-state index >= 15 is 0 Å². The molecule has 0 unspecified atom stereocenters. The third-order valence-electron chi connectivity index (χ3n) is 4.67. The van der Waals surface area contributed by atoms with E-state index < -0.39 is 18.2 Å². The van der Waals surface area contributed by atoms with Gasteiger partial charge in [-0.05, 0) is 32.1 Å². The van der Waals surface area contributed by atoms with Crippen LogP contribution >= 0.6 is 0 Å². The Balaban J connectivity index is 2.35. The highest BCUT2D eigenvalue weighted by Crippen LogP contribution is 2.33. The van der Waals surface area contributed by atoms with Crippen LogP contribution in [0.15, 0.2) is 48.6 Å².